The van der Waals surface area contributed by atoms with Crippen LogP contribution in [0.4, 0.5) is 5.69 Å². The van der Waals surface area contributed by atoms with Crippen molar-refractivity contribution in [2.45, 2.75) is 38.3 Å². The molecule has 2 fully saturated rings. The molecule has 2 aliphatic heterocycles. The van der Waals surface area contributed by atoms with E-state index >= 15 is 0 Å². The van der Waals surface area contributed by atoms with E-state index in [-0.39, 0.29) is 6.04 Å². The van der Waals surface area contributed by atoms with Gasteiger partial charge >= 0.3 is 0 Å². The Kier molecular flexibility index (Phi) is 4.36. The van der Waals surface area contributed by atoms with Gasteiger partial charge in [0.15, 0.2) is 0 Å². The lowest BCUT2D eigenvalue weighted by Gasteiger charge is -2.30. The molecule has 2 saturated heterocycles. The zero-order valence-electron chi connectivity index (χ0n) is 13.2. The third-order valence-corrected chi connectivity index (χ3v) is 4.86. The van der Waals surface area contributed by atoms with Crippen molar-refractivity contribution < 1.29 is 4.74 Å². The molecular formula is C17H27N3O. The number of hydrogen-bond donors (Lipinski definition) is 1. The summed E-state index contributed by atoms with van der Waals surface area (Å²) >= 11 is 0. The van der Waals surface area contributed by atoms with Gasteiger partial charge in [0.05, 0.1) is 7.11 Å². The molecule has 0 aliphatic carbocycles. The number of methoxy groups -OCH3 is 1. The summed E-state index contributed by atoms with van der Waals surface area (Å²) in [4.78, 5) is 5.18. The summed E-state index contributed by atoms with van der Waals surface area (Å²) in [6.45, 7) is 6.78. The molecule has 4 heteroatoms. The number of fused-ring (bicyclic) bond motifs is 1. The van der Waals surface area contributed by atoms with Crippen molar-refractivity contribution in [2.24, 2.45) is 5.73 Å². The number of ether oxygens (including phenoxy) is 1. The molecule has 0 amide bonds. The van der Waals surface area contributed by atoms with Crippen LogP contribution in [0.2, 0.25) is 0 Å². The van der Waals surface area contributed by atoms with Gasteiger partial charge in [-0.2, -0.15) is 0 Å². The second kappa shape index (κ2) is 6.24. The number of nitrogens with zero attached hydrogens (tertiary/aromatic N) is 2. The minimum absolute atomic E-state index is 0.0147. The van der Waals surface area contributed by atoms with Crippen LogP contribution in [0.1, 0.15) is 37.8 Å². The second-order valence-corrected chi connectivity index (χ2v) is 6.31. The molecule has 2 N–H and O–H groups in total. The fourth-order valence-corrected chi connectivity index (χ4v) is 3.87. The van der Waals surface area contributed by atoms with Crippen molar-refractivity contribution in [3.8, 4) is 5.75 Å². The third kappa shape index (κ3) is 2.87. The number of nitrogens with two attached hydrogens (primary N) is 1. The Morgan fingerprint density at radius 3 is 2.81 bits per heavy atom. The molecule has 116 valence electrons. The molecule has 0 saturated carbocycles. The molecule has 0 bridgehead atoms. The van der Waals surface area contributed by atoms with Gasteiger partial charge in [0.2, 0.25) is 0 Å². The van der Waals surface area contributed by atoms with Gasteiger partial charge in [0.1, 0.15) is 5.75 Å². The van der Waals surface area contributed by atoms with Crippen LogP contribution in [0.3, 0.4) is 0 Å². The fraction of sp³-hybridized carbons (Fsp3) is 0.647. The Hall–Kier alpha value is -1.26. The molecule has 0 aromatic heterocycles. The largest absolute Gasteiger partial charge is 0.496 e. The summed E-state index contributed by atoms with van der Waals surface area (Å²) in [7, 11) is 1.73. The highest BCUT2D eigenvalue weighted by Gasteiger charge is 2.30. The van der Waals surface area contributed by atoms with Crippen LogP contribution in [0, 0.1) is 0 Å². The van der Waals surface area contributed by atoms with E-state index < -0.39 is 0 Å². The van der Waals surface area contributed by atoms with E-state index in [1.54, 1.807) is 7.11 Å². The molecule has 2 aliphatic rings. The van der Waals surface area contributed by atoms with E-state index in [1.165, 1.54) is 38.0 Å². The number of hydrogen-bond acceptors (Lipinski definition) is 4. The summed E-state index contributed by atoms with van der Waals surface area (Å²) in [5, 5.41) is 0. The van der Waals surface area contributed by atoms with E-state index in [2.05, 4.69) is 21.9 Å². The first-order chi connectivity index (χ1) is 10.2. The minimum Gasteiger partial charge on any atom is -0.496 e. The molecule has 2 atom stereocenters. The summed E-state index contributed by atoms with van der Waals surface area (Å²) < 4.78 is 5.54. The van der Waals surface area contributed by atoms with Gasteiger partial charge < -0.3 is 15.4 Å². The Morgan fingerprint density at radius 2 is 2.05 bits per heavy atom. The Bertz CT molecular complexity index is 489. The number of benzene rings is 1. The lowest BCUT2D eigenvalue weighted by Crippen LogP contribution is -2.37. The van der Waals surface area contributed by atoms with Crippen LogP contribution >= 0.6 is 0 Å². The normalized spacial score (nSPS) is 24.5. The Morgan fingerprint density at radius 1 is 1.24 bits per heavy atom. The summed E-state index contributed by atoms with van der Waals surface area (Å²) in [5.41, 5.74) is 8.63. The predicted molar refractivity (Wildman–Crippen MR) is 87.0 cm³/mol. The van der Waals surface area contributed by atoms with Gasteiger partial charge in [0, 0.05) is 43.0 Å². The average molecular weight is 289 g/mol. The molecule has 1 aromatic rings. The topological polar surface area (TPSA) is 41.7 Å². The van der Waals surface area contributed by atoms with Gasteiger partial charge in [-0.15, -0.1) is 0 Å². The molecule has 1 aromatic carbocycles. The first kappa shape index (κ1) is 14.7. The maximum absolute atomic E-state index is 6.23. The smallest absolute Gasteiger partial charge is 0.125 e. The van der Waals surface area contributed by atoms with Gasteiger partial charge in [0.25, 0.3) is 0 Å². The van der Waals surface area contributed by atoms with Crippen LogP contribution in [0.5, 0.6) is 5.75 Å². The first-order valence-corrected chi connectivity index (χ1v) is 8.12. The van der Waals surface area contributed by atoms with Crippen molar-refractivity contribution in [3.63, 3.8) is 0 Å². The maximum Gasteiger partial charge on any atom is 0.125 e. The van der Waals surface area contributed by atoms with Crippen molar-refractivity contribution in [1.29, 1.82) is 0 Å². The lowest BCUT2D eigenvalue weighted by atomic mass is 10.0. The van der Waals surface area contributed by atoms with Crippen molar-refractivity contribution in [2.75, 3.05) is 38.2 Å². The first-order valence-electron chi connectivity index (χ1n) is 8.12. The number of anilines is 1. The molecule has 4 nitrogen and oxygen atoms in total. The molecule has 1 unspecified atom stereocenters. The summed E-state index contributed by atoms with van der Waals surface area (Å²) in [6.07, 6.45) is 3.90. The highest BCUT2D eigenvalue weighted by atomic mass is 16.5. The van der Waals surface area contributed by atoms with Crippen LogP contribution in [-0.2, 0) is 0 Å². The molecule has 21 heavy (non-hydrogen) atoms. The highest BCUT2D eigenvalue weighted by molar-refractivity contribution is 5.61. The predicted octanol–water partition coefficient (Wildman–Crippen LogP) is 2.39. The van der Waals surface area contributed by atoms with Crippen molar-refractivity contribution in [1.82, 2.24) is 4.90 Å². The molecule has 0 radical (unpaired) electrons. The fourth-order valence-electron chi connectivity index (χ4n) is 3.87. The standard InChI is InChI=1S/C17H27N3O/c1-13(18)17-15(7-3-8-16(17)21-2)20-11-5-10-19-9-4-6-14(19)12-20/h3,7-8,13-14H,4-6,9-12,18H2,1-2H3/t13-,14?/m1/s1. The van der Waals surface area contributed by atoms with E-state index in [1.807, 2.05) is 13.0 Å². The van der Waals surface area contributed by atoms with Gasteiger partial charge in [-0.3, -0.25) is 4.90 Å². The zero-order valence-corrected chi connectivity index (χ0v) is 13.2. The second-order valence-electron chi connectivity index (χ2n) is 6.31. The minimum atomic E-state index is -0.0147. The van der Waals surface area contributed by atoms with E-state index in [0.29, 0.717) is 6.04 Å². The molecule has 2 heterocycles. The van der Waals surface area contributed by atoms with Crippen molar-refractivity contribution >= 4 is 5.69 Å². The zero-order chi connectivity index (χ0) is 14.8. The average Bonchev–Trinajstić information content (AvgIpc) is 2.83. The van der Waals surface area contributed by atoms with E-state index in [4.69, 9.17) is 10.5 Å². The summed E-state index contributed by atoms with van der Waals surface area (Å²) in [5.74, 6) is 0.912. The SMILES string of the molecule is COc1cccc(N2CCCN3CCCC3C2)c1[C@@H](C)N. The van der Waals surface area contributed by atoms with Crippen molar-refractivity contribution in [3.05, 3.63) is 23.8 Å². The molecular weight excluding hydrogens is 262 g/mol. The molecule has 3 rings (SSSR count). The van der Waals surface area contributed by atoms with Crippen LogP contribution in [0.15, 0.2) is 18.2 Å². The maximum atomic E-state index is 6.23. The van der Waals surface area contributed by atoms with Crippen LogP contribution < -0.4 is 15.4 Å². The third-order valence-electron chi connectivity index (χ3n) is 4.86. The van der Waals surface area contributed by atoms with Gasteiger partial charge in [-0.05, 0) is 44.9 Å². The Labute approximate surface area is 127 Å². The molecule has 0 spiro atoms. The quantitative estimate of drug-likeness (QED) is 0.928. The van der Waals surface area contributed by atoms with Crippen LogP contribution in [0.25, 0.3) is 0 Å². The van der Waals surface area contributed by atoms with Gasteiger partial charge in [-0.25, -0.2) is 0 Å². The van der Waals surface area contributed by atoms with Crippen LogP contribution in [-0.4, -0.2) is 44.2 Å². The summed E-state index contributed by atoms with van der Waals surface area (Å²) in [6, 6.07) is 6.99. The van der Waals surface area contributed by atoms with Gasteiger partial charge in [-0.1, -0.05) is 6.07 Å². The monoisotopic (exact) mass is 289 g/mol. The van der Waals surface area contributed by atoms with E-state index in [9.17, 15) is 0 Å². The number of rotatable bonds is 3. The highest BCUT2D eigenvalue weighted by Crippen LogP contribution is 2.35. The Balaban J connectivity index is 1.91. The lowest BCUT2D eigenvalue weighted by molar-refractivity contribution is 0.273. The van der Waals surface area contributed by atoms with E-state index in [0.717, 1.165) is 24.4 Å².